The molecule has 0 saturated heterocycles. The number of rotatable bonds is 13. The van der Waals surface area contributed by atoms with Crippen molar-refractivity contribution in [3.8, 4) is 5.75 Å². The molecule has 0 amide bonds. The van der Waals surface area contributed by atoms with E-state index in [1.54, 1.807) is 0 Å². The Kier molecular flexibility index (Phi) is 10.9. The Balaban J connectivity index is 2.01. The van der Waals surface area contributed by atoms with Crippen LogP contribution < -0.4 is 10.1 Å². The number of benzene rings is 1. The number of hydrogen-bond acceptors (Lipinski definition) is 2. The topological polar surface area (TPSA) is 21.3 Å². The second-order valence-corrected chi connectivity index (χ2v) is 5.85. The minimum absolute atomic E-state index is 0.587. The van der Waals surface area contributed by atoms with E-state index in [9.17, 15) is 0 Å². The van der Waals surface area contributed by atoms with Crippen LogP contribution in [0.4, 0.5) is 0 Å². The zero-order valence-corrected chi connectivity index (χ0v) is 13.9. The third kappa shape index (κ3) is 9.52. The van der Waals surface area contributed by atoms with Crippen molar-refractivity contribution in [2.75, 3.05) is 13.7 Å². The van der Waals surface area contributed by atoms with Crippen molar-refractivity contribution in [2.24, 2.45) is 0 Å². The lowest BCUT2D eigenvalue weighted by molar-refractivity contribution is 0.282. The molecule has 1 aromatic carbocycles. The minimum Gasteiger partial charge on any atom is -0.494 e. The highest BCUT2D eigenvalue weighted by atomic mass is 16.5. The third-order valence-electron chi connectivity index (χ3n) is 4.04. The van der Waals surface area contributed by atoms with Crippen molar-refractivity contribution in [3.05, 3.63) is 30.3 Å². The van der Waals surface area contributed by atoms with Crippen LogP contribution in [-0.4, -0.2) is 19.7 Å². The Morgan fingerprint density at radius 1 is 0.905 bits per heavy atom. The molecule has 0 fully saturated rings. The van der Waals surface area contributed by atoms with Crippen molar-refractivity contribution in [3.63, 3.8) is 0 Å². The molecule has 0 aromatic heterocycles. The molecular formula is C19H33NO. The Bertz CT molecular complexity index is 326. The van der Waals surface area contributed by atoms with Crippen LogP contribution in [-0.2, 0) is 0 Å². The summed E-state index contributed by atoms with van der Waals surface area (Å²) in [5.41, 5.74) is 0. The van der Waals surface area contributed by atoms with E-state index >= 15 is 0 Å². The lowest BCUT2D eigenvalue weighted by Crippen LogP contribution is -2.27. The van der Waals surface area contributed by atoms with E-state index in [4.69, 9.17) is 4.74 Å². The summed E-state index contributed by atoms with van der Waals surface area (Å²) in [6.45, 7) is 3.07. The summed E-state index contributed by atoms with van der Waals surface area (Å²) in [7, 11) is 2.06. The normalized spacial score (nSPS) is 12.3. The molecule has 0 radical (unpaired) electrons. The summed E-state index contributed by atoms with van der Waals surface area (Å²) >= 11 is 0. The van der Waals surface area contributed by atoms with Gasteiger partial charge < -0.3 is 10.1 Å². The Morgan fingerprint density at radius 2 is 1.57 bits per heavy atom. The first-order chi connectivity index (χ1) is 10.4. The molecule has 2 nitrogen and oxygen atoms in total. The van der Waals surface area contributed by atoms with Crippen molar-refractivity contribution >= 4 is 0 Å². The van der Waals surface area contributed by atoms with Gasteiger partial charge in [0.05, 0.1) is 6.61 Å². The van der Waals surface area contributed by atoms with E-state index in [0.717, 1.165) is 18.8 Å². The maximum atomic E-state index is 5.77. The monoisotopic (exact) mass is 291 g/mol. The molecule has 0 aliphatic rings. The van der Waals surface area contributed by atoms with Crippen LogP contribution in [0.2, 0.25) is 0 Å². The predicted octanol–water partition coefficient (Wildman–Crippen LogP) is 5.18. The first-order valence-electron chi connectivity index (χ1n) is 8.72. The maximum absolute atomic E-state index is 5.77. The van der Waals surface area contributed by atoms with Crippen LogP contribution in [0.25, 0.3) is 0 Å². The number of nitrogens with one attached hydrogen (secondary N) is 1. The van der Waals surface area contributed by atoms with Gasteiger partial charge in [0.15, 0.2) is 0 Å². The first-order valence-corrected chi connectivity index (χ1v) is 8.72. The molecule has 120 valence electrons. The highest BCUT2D eigenvalue weighted by Crippen LogP contribution is 2.12. The average molecular weight is 291 g/mol. The van der Waals surface area contributed by atoms with Crippen molar-refractivity contribution in [1.82, 2.24) is 5.32 Å². The summed E-state index contributed by atoms with van der Waals surface area (Å²) in [6.07, 6.45) is 12.0. The molecule has 0 aliphatic carbocycles. The molecule has 0 heterocycles. The molecule has 1 rings (SSSR count). The van der Waals surface area contributed by atoms with Crippen LogP contribution in [0.1, 0.15) is 64.7 Å². The molecule has 1 unspecified atom stereocenters. The molecule has 0 bridgehead atoms. The van der Waals surface area contributed by atoms with Gasteiger partial charge in [-0.3, -0.25) is 0 Å². The van der Waals surface area contributed by atoms with E-state index in [1.165, 1.54) is 51.4 Å². The maximum Gasteiger partial charge on any atom is 0.119 e. The van der Waals surface area contributed by atoms with Gasteiger partial charge in [-0.1, -0.05) is 70.1 Å². The van der Waals surface area contributed by atoms with Gasteiger partial charge >= 0.3 is 0 Å². The lowest BCUT2D eigenvalue weighted by Gasteiger charge is -2.16. The molecule has 21 heavy (non-hydrogen) atoms. The Morgan fingerprint density at radius 3 is 2.24 bits per heavy atom. The zero-order valence-electron chi connectivity index (χ0n) is 13.9. The van der Waals surface area contributed by atoms with Crippen LogP contribution in [0.3, 0.4) is 0 Å². The number of ether oxygens (including phenoxy) is 1. The third-order valence-corrected chi connectivity index (χ3v) is 4.04. The molecule has 1 aromatic rings. The predicted molar refractivity (Wildman–Crippen MR) is 92.0 cm³/mol. The van der Waals surface area contributed by atoms with Crippen LogP contribution in [0.5, 0.6) is 5.75 Å². The van der Waals surface area contributed by atoms with E-state index in [0.29, 0.717) is 6.04 Å². The van der Waals surface area contributed by atoms with E-state index < -0.39 is 0 Å². The van der Waals surface area contributed by atoms with Gasteiger partial charge in [-0.05, 0) is 32.0 Å². The SMILES string of the molecule is CCCCCCCCCC(CCOc1ccccc1)NC. The summed E-state index contributed by atoms with van der Waals surface area (Å²) in [6, 6.07) is 10.7. The van der Waals surface area contributed by atoms with E-state index in [1.807, 2.05) is 30.3 Å². The van der Waals surface area contributed by atoms with Gasteiger partial charge in [0, 0.05) is 6.04 Å². The zero-order chi connectivity index (χ0) is 15.2. The van der Waals surface area contributed by atoms with Crippen molar-refractivity contribution in [1.29, 1.82) is 0 Å². The fourth-order valence-electron chi connectivity index (χ4n) is 2.62. The van der Waals surface area contributed by atoms with E-state index in [2.05, 4.69) is 19.3 Å². The summed E-state index contributed by atoms with van der Waals surface area (Å²) < 4.78 is 5.77. The Hall–Kier alpha value is -1.02. The van der Waals surface area contributed by atoms with Crippen LogP contribution in [0.15, 0.2) is 30.3 Å². The summed E-state index contributed by atoms with van der Waals surface area (Å²) in [5, 5.41) is 3.42. The summed E-state index contributed by atoms with van der Waals surface area (Å²) in [4.78, 5) is 0. The van der Waals surface area contributed by atoms with Gasteiger partial charge in [-0.15, -0.1) is 0 Å². The Labute approximate surface area is 131 Å². The second kappa shape index (κ2) is 12.7. The van der Waals surface area contributed by atoms with Gasteiger partial charge in [0.25, 0.3) is 0 Å². The highest BCUT2D eigenvalue weighted by Gasteiger charge is 2.06. The van der Waals surface area contributed by atoms with E-state index in [-0.39, 0.29) is 0 Å². The molecule has 0 saturated carbocycles. The van der Waals surface area contributed by atoms with Gasteiger partial charge in [0.2, 0.25) is 0 Å². The minimum atomic E-state index is 0.587. The average Bonchev–Trinajstić information content (AvgIpc) is 2.53. The largest absolute Gasteiger partial charge is 0.494 e. The van der Waals surface area contributed by atoms with Crippen LogP contribution in [0, 0.1) is 0 Å². The summed E-state index contributed by atoms with van der Waals surface area (Å²) in [5.74, 6) is 0.975. The molecule has 2 heteroatoms. The fraction of sp³-hybridized carbons (Fsp3) is 0.684. The lowest BCUT2D eigenvalue weighted by atomic mass is 10.0. The number of para-hydroxylation sites is 1. The van der Waals surface area contributed by atoms with Crippen molar-refractivity contribution in [2.45, 2.75) is 70.8 Å². The number of hydrogen-bond donors (Lipinski definition) is 1. The highest BCUT2D eigenvalue weighted by molar-refractivity contribution is 5.20. The first kappa shape index (κ1) is 18.0. The molecular weight excluding hydrogens is 258 g/mol. The quantitative estimate of drug-likeness (QED) is 0.505. The molecule has 1 N–H and O–H groups in total. The van der Waals surface area contributed by atoms with Crippen LogP contribution >= 0.6 is 0 Å². The second-order valence-electron chi connectivity index (χ2n) is 5.85. The number of unbranched alkanes of at least 4 members (excludes halogenated alkanes) is 6. The smallest absolute Gasteiger partial charge is 0.119 e. The molecule has 0 spiro atoms. The fourth-order valence-corrected chi connectivity index (χ4v) is 2.62. The van der Waals surface area contributed by atoms with Crippen molar-refractivity contribution < 1.29 is 4.74 Å². The standard InChI is InChI=1S/C19H33NO/c1-3-4-5-6-7-8-10-13-18(20-2)16-17-21-19-14-11-9-12-15-19/h9,11-12,14-15,18,20H,3-8,10,13,16-17H2,1-2H3. The van der Waals surface area contributed by atoms with Gasteiger partial charge in [-0.2, -0.15) is 0 Å². The molecule has 0 aliphatic heterocycles. The molecule has 1 atom stereocenters. The van der Waals surface area contributed by atoms with Gasteiger partial charge in [0.1, 0.15) is 5.75 Å². The van der Waals surface area contributed by atoms with Gasteiger partial charge in [-0.25, -0.2) is 0 Å².